The average Bonchev–Trinajstić information content (AvgIpc) is 2.34. The number of hydrogen-bond donors (Lipinski definition) is 3. The quantitative estimate of drug-likeness (QED) is 0.711. The Morgan fingerprint density at radius 2 is 2.24 bits per heavy atom. The molecule has 1 aromatic rings. The first-order valence-electron chi connectivity index (χ1n) is 5.40. The third kappa shape index (κ3) is 3.64. The van der Waals surface area contributed by atoms with E-state index in [9.17, 15) is 4.79 Å². The summed E-state index contributed by atoms with van der Waals surface area (Å²) in [7, 11) is 3.33. The largest absolute Gasteiger partial charge is 0.495 e. The number of aliphatic hydroxyl groups excluding tert-OH is 1. The van der Waals surface area contributed by atoms with Crippen LogP contribution in [0, 0.1) is 0 Å². The van der Waals surface area contributed by atoms with Crippen LogP contribution in [0.3, 0.4) is 0 Å². The van der Waals surface area contributed by atoms with Crippen molar-refractivity contribution in [1.29, 1.82) is 0 Å². The van der Waals surface area contributed by atoms with E-state index in [-0.39, 0.29) is 12.5 Å². The molecule has 17 heavy (non-hydrogen) atoms. The van der Waals surface area contributed by atoms with Gasteiger partial charge in [-0.2, -0.15) is 0 Å². The van der Waals surface area contributed by atoms with Crippen molar-refractivity contribution in [2.45, 2.75) is 13.0 Å². The summed E-state index contributed by atoms with van der Waals surface area (Å²) in [6.07, 6.45) is -0.558. The fraction of sp³-hybridized carbons (Fsp3) is 0.417. The van der Waals surface area contributed by atoms with Crippen LogP contribution in [0.1, 0.15) is 17.3 Å². The molecule has 0 aliphatic heterocycles. The summed E-state index contributed by atoms with van der Waals surface area (Å²) in [6, 6.07) is 5.13. The van der Waals surface area contributed by atoms with Gasteiger partial charge in [-0.1, -0.05) is 0 Å². The van der Waals surface area contributed by atoms with Crippen LogP contribution in [-0.2, 0) is 0 Å². The Morgan fingerprint density at radius 3 is 2.76 bits per heavy atom. The van der Waals surface area contributed by atoms with Crippen molar-refractivity contribution in [1.82, 2.24) is 5.32 Å². The van der Waals surface area contributed by atoms with Gasteiger partial charge in [-0.05, 0) is 25.1 Å². The number of nitrogens with one attached hydrogen (secondary N) is 2. The minimum absolute atomic E-state index is 0.230. The van der Waals surface area contributed by atoms with Crippen LogP contribution in [0.25, 0.3) is 0 Å². The summed E-state index contributed by atoms with van der Waals surface area (Å²) in [4.78, 5) is 11.7. The molecule has 1 amide bonds. The highest BCUT2D eigenvalue weighted by Crippen LogP contribution is 2.24. The second-order valence-electron chi connectivity index (χ2n) is 3.72. The molecule has 5 heteroatoms. The molecule has 94 valence electrons. The maximum Gasteiger partial charge on any atom is 0.251 e. The van der Waals surface area contributed by atoms with Gasteiger partial charge in [0.05, 0.1) is 18.9 Å². The van der Waals surface area contributed by atoms with E-state index in [1.807, 2.05) is 0 Å². The number of carbonyl (C=O) groups is 1. The molecule has 0 heterocycles. The summed E-state index contributed by atoms with van der Waals surface area (Å²) in [5.74, 6) is 0.379. The second kappa shape index (κ2) is 6.10. The highest BCUT2D eigenvalue weighted by Gasteiger charge is 2.09. The number of benzene rings is 1. The van der Waals surface area contributed by atoms with Crippen LogP contribution in [0.5, 0.6) is 5.75 Å². The minimum atomic E-state index is -0.558. The maximum absolute atomic E-state index is 11.7. The fourth-order valence-electron chi connectivity index (χ4n) is 1.38. The highest BCUT2D eigenvalue weighted by atomic mass is 16.5. The zero-order chi connectivity index (χ0) is 12.8. The van der Waals surface area contributed by atoms with E-state index < -0.39 is 6.10 Å². The maximum atomic E-state index is 11.7. The molecule has 1 rings (SSSR count). The van der Waals surface area contributed by atoms with Gasteiger partial charge in [-0.25, -0.2) is 0 Å². The molecule has 0 aliphatic rings. The molecule has 1 aromatic carbocycles. The third-order valence-corrected chi connectivity index (χ3v) is 2.29. The van der Waals surface area contributed by atoms with Crippen molar-refractivity contribution in [3.63, 3.8) is 0 Å². The molecule has 0 saturated heterocycles. The number of ether oxygens (including phenoxy) is 1. The summed E-state index contributed by atoms with van der Waals surface area (Å²) in [6.45, 7) is 1.85. The standard InChI is InChI=1S/C12H18N2O3/c1-8(15)7-14-12(16)9-4-5-10(13-2)11(6-9)17-3/h4-6,8,13,15H,7H2,1-3H3,(H,14,16)/t8-/m0/s1. The SMILES string of the molecule is CNc1ccc(C(=O)NC[C@H](C)O)cc1OC. The second-order valence-corrected chi connectivity index (χ2v) is 3.72. The van der Waals surface area contributed by atoms with E-state index in [2.05, 4.69) is 10.6 Å². The lowest BCUT2D eigenvalue weighted by atomic mass is 10.1. The van der Waals surface area contributed by atoms with Crippen LogP contribution in [0.15, 0.2) is 18.2 Å². The normalized spacial score (nSPS) is 11.8. The van der Waals surface area contributed by atoms with Crippen molar-refractivity contribution < 1.29 is 14.6 Å². The van der Waals surface area contributed by atoms with Crippen molar-refractivity contribution in [3.05, 3.63) is 23.8 Å². The van der Waals surface area contributed by atoms with E-state index >= 15 is 0 Å². The van der Waals surface area contributed by atoms with Crippen LogP contribution in [-0.4, -0.2) is 37.8 Å². The Labute approximate surface area is 101 Å². The van der Waals surface area contributed by atoms with E-state index in [0.717, 1.165) is 5.69 Å². The molecule has 0 fully saturated rings. The van der Waals surface area contributed by atoms with Crippen LogP contribution in [0.4, 0.5) is 5.69 Å². The van der Waals surface area contributed by atoms with Crippen LogP contribution >= 0.6 is 0 Å². The Kier molecular flexibility index (Phi) is 4.78. The monoisotopic (exact) mass is 238 g/mol. The van der Waals surface area contributed by atoms with Crippen molar-refractivity contribution in [2.75, 3.05) is 26.0 Å². The number of hydrogen-bond acceptors (Lipinski definition) is 4. The molecule has 1 atom stereocenters. The summed E-state index contributed by atoms with van der Waals surface area (Å²) in [5.41, 5.74) is 1.32. The minimum Gasteiger partial charge on any atom is -0.495 e. The number of amides is 1. The van der Waals surface area contributed by atoms with Gasteiger partial charge >= 0.3 is 0 Å². The molecular weight excluding hydrogens is 220 g/mol. The summed E-state index contributed by atoms with van der Waals surface area (Å²) < 4.78 is 5.16. The van der Waals surface area contributed by atoms with Gasteiger partial charge in [0.25, 0.3) is 5.91 Å². The molecule has 5 nitrogen and oxygen atoms in total. The van der Waals surface area contributed by atoms with Crippen LogP contribution < -0.4 is 15.4 Å². The molecule has 3 N–H and O–H groups in total. The Hall–Kier alpha value is -1.75. The van der Waals surface area contributed by atoms with Gasteiger partial charge in [-0.15, -0.1) is 0 Å². The smallest absolute Gasteiger partial charge is 0.251 e. The Morgan fingerprint density at radius 1 is 1.53 bits per heavy atom. The van der Waals surface area contributed by atoms with Gasteiger partial charge in [0.2, 0.25) is 0 Å². The lowest BCUT2D eigenvalue weighted by Crippen LogP contribution is -2.30. The number of methoxy groups -OCH3 is 1. The number of rotatable bonds is 5. The molecular formula is C12H18N2O3. The van der Waals surface area contributed by atoms with E-state index in [1.165, 1.54) is 0 Å². The van der Waals surface area contributed by atoms with E-state index in [0.29, 0.717) is 11.3 Å². The Balaban J connectivity index is 2.81. The lowest BCUT2D eigenvalue weighted by Gasteiger charge is -2.11. The predicted molar refractivity (Wildman–Crippen MR) is 66.6 cm³/mol. The number of anilines is 1. The molecule has 0 saturated carbocycles. The fourth-order valence-corrected chi connectivity index (χ4v) is 1.38. The third-order valence-electron chi connectivity index (χ3n) is 2.29. The Bertz CT molecular complexity index is 391. The highest BCUT2D eigenvalue weighted by molar-refractivity contribution is 5.95. The molecule has 0 spiro atoms. The van der Waals surface area contributed by atoms with Crippen molar-refractivity contribution in [2.24, 2.45) is 0 Å². The van der Waals surface area contributed by atoms with Gasteiger partial charge in [-0.3, -0.25) is 4.79 Å². The molecule has 0 unspecified atom stereocenters. The zero-order valence-corrected chi connectivity index (χ0v) is 10.3. The van der Waals surface area contributed by atoms with Gasteiger partial charge in [0.1, 0.15) is 5.75 Å². The average molecular weight is 238 g/mol. The van der Waals surface area contributed by atoms with Gasteiger partial charge in [0, 0.05) is 19.2 Å². The molecule has 0 aromatic heterocycles. The predicted octanol–water partition coefficient (Wildman–Crippen LogP) is 0.847. The lowest BCUT2D eigenvalue weighted by molar-refractivity contribution is 0.0923. The van der Waals surface area contributed by atoms with Gasteiger partial charge < -0.3 is 20.5 Å². The first-order valence-corrected chi connectivity index (χ1v) is 5.40. The van der Waals surface area contributed by atoms with Crippen molar-refractivity contribution >= 4 is 11.6 Å². The molecule has 0 aliphatic carbocycles. The summed E-state index contributed by atoms with van der Waals surface area (Å²) in [5, 5.41) is 14.7. The summed E-state index contributed by atoms with van der Waals surface area (Å²) >= 11 is 0. The van der Waals surface area contributed by atoms with E-state index in [1.54, 1.807) is 39.3 Å². The number of carbonyl (C=O) groups excluding carboxylic acids is 1. The van der Waals surface area contributed by atoms with Crippen molar-refractivity contribution in [3.8, 4) is 5.75 Å². The zero-order valence-electron chi connectivity index (χ0n) is 10.3. The number of aliphatic hydroxyl groups is 1. The molecule has 0 radical (unpaired) electrons. The van der Waals surface area contributed by atoms with Gasteiger partial charge in [0.15, 0.2) is 0 Å². The first kappa shape index (κ1) is 13.3. The first-order chi connectivity index (χ1) is 8.08. The topological polar surface area (TPSA) is 70.6 Å². The van der Waals surface area contributed by atoms with Crippen LogP contribution in [0.2, 0.25) is 0 Å². The molecule has 0 bridgehead atoms. The van der Waals surface area contributed by atoms with E-state index in [4.69, 9.17) is 9.84 Å².